The molecule has 9 heteroatoms. The summed E-state index contributed by atoms with van der Waals surface area (Å²) < 4.78 is 57.4. The Labute approximate surface area is 169 Å². The third kappa shape index (κ3) is 4.08. The molecule has 2 heterocycles. The average molecular weight is 410 g/mol. The molecule has 3 rings (SSSR count). The van der Waals surface area contributed by atoms with Gasteiger partial charge in [-0.1, -0.05) is 12.1 Å². The summed E-state index contributed by atoms with van der Waals surface area (Å²) in [7, 11) is -0.654. The Hall–Kier alpha value is -1.84. The predicted molar refractivity (Wildman–Crippen MR) is 105 cm³/mol. The number of aromatic nitrogens is 2. The van der Waals surface area contributed by atoms with Gasteiger partial charge in [0.15, 0.2) is 0 Å². The Morgan fingerprint density at radius 2 is 1.72 bits per heavy atom. The number of alkyl halides is 2. The van der Waals surface area contributed by atoms with E-state index in [0.29, 0.717) is 27.8 Å². The van der Waals surface area contributed by atoms with Crippen molar-refractivity contribution in [3.63, 3.8) is 0 Å². The van der Waals surface area contributed by atoms with Crippen molar-refractivity contribution in [1.29, 1.82) is 0 Å². The minimum absolute atomic E-state index is 0.156. The molecule has 1 aromatic carbocycles. The molecule has 0 unspecified atom stereocenters. The van der Waals surface area contributed by atoms with Crippen molar-refractivity contribution in [3.05, 3.63) is 35.4 Å². The zero-order valence-electron chi connectivity index (χ0n) is 17.6. The second-order valence-corrected chi connectivity index (χ2v) is 8.23. The van der Waals surface area contributed by atoms with Crippen molar-refractivity contribution in [2.24, 2.45) is 0 Å². The summed E-state index contributed by atoms with van der Waals surface area (Å²) in [5.74, 6) is -0.385. The van der Waals surface area contributed by atoms with Gasteiger partial charge in [0.05, 0.1) is 30.6 Å². The zero-order valence-corrected chi connectivity index (χ0v) is 17.6. The molecule has 1 aromatic heterocycles. The number of hydrogen-bond acceptors (Lipinski definition) is 4. The van der Waals surface area contributed by atoms with Gasteiger partial charge in [0.1, 0.15) is 5.82 Å². The Balaban J connectivity index is 1.87. The highest BCUT2D eigenvalue weighted by molar-refractivity contribution is 6.62. The Morgan fingerprint density at radius 1 is 1.10 bits per heavy atom. The molecule has 2 aromatic rings. The molecular weight excluding hydrogens is 384 g/mol. The summed E-state index contributed by atoms with van der Waals surface area (Å²) in [6, 6.07) is 3.47. The quantitative estimate of drug-likeness (QED) is 0.679. The maximum Gasteiger partial charge on any atom is 0.495 e. The van der Waals surface area contributed by atoms with Crippen LogP contribution in [0.3, 0.4) is 0 Å². The normalized spacial score (nSPS) is 18.1. The van der Waals surface area contributed by atoms with Crippen LogP contribution in [0, 0.1) is 19.7 Å². The van der Waals surface area contributed by atoms with E-state index in [1.54, 1.807) is 26.0 Å². The lowest BCUT2D eigenvalue weighted by molar-refractivity contribution is -0.130. The fourth-order valence-corrected chi connectivity index (χ4v) is 3.30. The molecule has 0 atom stereocenters. The molecule has 0 radical (unpaired) electrons. The van der Waals surface area contributed by atoms with Crippen molar-refractivity contribution >= 4 is 12.6 Å². The monoisotopic (exact) mass is 410 g/mol. The lowest BCUT2D eigenvalue weighted by Gasteiger charge is -2.32. The summed E-state index contributed by atoms with van der Waals surface area (Å²) in [4.78, 5) is 0. The first kappa shape index (κ1) is 21.9. The number of rotatable bonds is 6. The largest absolute Gasteiger partial charge is 0.495 e. The van der Waals surface area contributed by atoms with Gasteiger partial charge in [-0.2, -0.15) is 13.9 Å². The van der Waals surface area contributed by atoms with E-state index in [4.69, 9.17) is 9.31 Å². The van der Waals surface area contributed by atoms with Crippen molar-refractivity contribution in [2.75, 3.05) is 6.61 Å². The topological polar surface area (TPSA) is 45.5 Å². The second kappa shape index (κ2) is 7.77. The molecular formula is C20H26BF3N2O3. The molecule has 158 valence electrons. The first-order valence-electron chi connectivity index (χ1n) is 9.52. The van der Waals surface area contributed by atoms with Gasteiger partial charge in [-0.05, 0) is 52.6 Å². The highest BCUT2D eigenvalue weighted by atomic mass is 19.3. The number of halogens is 3. The lowest BCUT2D eigenvalue weighted by Crippen LogP contribution is -2.41. The van der Waals surface area contributed by atoms with Crippen molar-refractivity contribution in [3.8, 4) is 11.1 Å². The standard InChI is InChI=1S/C20H26BF3N2O3/c1-12-16(21-28-19(3,4)20(5,6)29-21)8-7-14(17(12)22)15-11-25-26(13(15)2)9-10-27-18(23)24/h7-8,11,18H,9-10H2,1-6H3. The van der Waals surface area contributed by atoms with Crippen molar-refractivity contribution in [2.45, 2.75) is 65.9 Å². The molecule has 1 aliphatic heterocycles. The van der Waals surface area contributed by atoms with Crippen LogP contribution in [0.5, 0.6) is 0 Å². The van der Waals surface area contributed by atoms with Crippen LogP contribution in [0.1, 0.15) is 39.0 Å². The van der Waals surface area contributed by atoms with Crippen LogP contribution in [0.4, 0.5) is 13.2 Å². The number of hydrogen-bond donors (Lipinski definition) is 0. The molecule has 0 saturated carbocycles. The average Bonchev–Trinajstić information content (AvgIpc) is 3.06. The van der Waals surface area contributed by atoms with Crippen LogP contribution < -0.4 is 5.46 Å². The molecule has 0 N–H and O–H groups in total. The Bertz CT molecular complexity index is 883. The summed E-state index contributed by atoms with van der Waals surface area (Å²) in [6.45, 7) is 8.39. The van der Waals surface area contributed by atoms with E-state index < -0.39 is 24.9 Å². The Morgan fingerprint density at radius 3 is 2.31 bits per heavy atom. The van der Waals surface area contributed by atoms with Crippen LogP contribution >= 0.6 is 0 Å². The third-order valence-electron chi connectivity index (χ3n) is 5.88. The molecule has 0 amide bonds. The van der Waals surface area contributed by atoms with E-state index in [0.717, 1.165) is 0 Å². The zero-order chi connectivity index (χ0) is 21.6. The molecule has 0 bridgehead atoms. The van der Waals surface area contributed by atoms with Crippen LogP contribution in [0.25, 0.3) is 11.1 Å². The van der Waals surface area contributed by atoms with Gasteiger partial charge in [0.2, 0.25) is 0 Å². The van der Waals surface area contributed by atoms with Crippen molar-refractivity contribution < 1.29 is 27.2 Å². The summed E-state index contributed by atoms with van der Waals surface area (Å²) in [6.07, 6.45) is 1.53. The van der Waals surface area contributed by atoms with Gasteiger partial charge >= 0.3 is 13.7 Å². The van der Waals surface area contributed by atoms with Gasteiger partial charge in [-0.3, -0.25) is 4.68 Å². The van der Waals surface area contributed by atoms with Crippen LogP contribution in [-0.2, 0) is 20.6 Å². The van der Waals surface area contributed by atoms with Crippen molar-refractivity contribution in [1.82, 2.24) is 9.78 Å². The first-order chi connectivity index (χ1) is 13.4. The number of benzene rings is 1. The Kier molecular flexibility index (Phi) is 5.86. The fourth-order valence-electron chi connectivity index (χ4n) is 3.30. The van der Waals surface area contributed by atoms with Crippen LogP contribution in [0.15, 0.2) is 18.3 Å². The first-order valence-corrected chi connectivity index (χ1v) is 9.52. The van der Waals surface area contributed by atoms with E-state index in [1.807, 2.05) is 27.7 Å². The van der Waals surface area contributed by atoms with Gasteiger partial charge in [-0.15, -0.1) is 0 Å². The number of ether oxygens (including phenoxy) is 1. The minimum Gasteiger partial charge on any atom is -0.399 e. The molecule has 0 aliphatic carbocycles. The molecule has 5 nitrogen and oxygen atoms in total. The molecule has 29 heavy (non-hydrogen) atoms. The third-order valence-corrected chi connectivity index (χ3v) is 5.88. The molecule has 1 aliphatic rings. The predicted octanol–water partition coefficient (Wildman–Crippen LogP) is 3.84. The summed E-state index contributed by atoms with van der Waals surface area (Å²) in [5, 5.41) is 4.17. The smallest absolute Gasteiger partial charge is 0.399 e. The minimum atomic E-state index is -2.83. The highest BCUT2D eigenvalue weighted by Gasteiger charge is 2.52. The molecule has 0 spiro atoms. The maximum atomic E-state index is 15.3. The second-order valence-electron chi connectivity index (χ2n) is 8.23. The summed E-state index contributed by atoms with van der Waals surface area (Å²) in [5.41, 5.74) is 1.71. The van der Waals surface area contributed by atoms with Gasteiger partial charge < -0.3 is 14.0 Å². The van der Waals surface area contributed by atoms with Gasteiger partial charge in [0, 0.05) is 16.8 Å². The SMILES string of the molecule is Cc1c(B2OC(C)(C)C(C)(C)O2)ccc(-c2cnn(CCOC(F)F)c2C)c1F. The summed E-state index contributed by atoms with van der Waals surface area (Å²) >= 11 is 0. The van der Waals surface area contributed by atoms with E-state index in [-0.39, 0.29) is 19.0 Å². The maximum absolute atomic E-state index is 15.3. The van der Waals surface area contributed by atoms with E-state index >= 15 is 4.39 Å². The lowest BCUT2D eigenvalue weighted by atomic mass is 9.75. The van der Waals surface area contributed by atoms with Crippen LogP contribution in [0.2, 0.25) is 0 Å². The van der Waals surface area contributed by atoms with Gasteiger partial charge in [0.25, 0.3) is 0 Å². The molecule has 1 fully saturated rings. The van der Waals surface area contributed by atoms with Gasteiger partial charge in [-0.25, -0.2) is 4.39 Å². The van der Waals surface area contributed by atoms with E-state index in [1.165, 1.54) is 10.9 Å². The van der Waals surface area contributed by atoms with E-state index in [2.05, 4.69) is 9.84 Å². The molecule has 1 saturated heterocycles. The number of nitrogens with zero attached hydrogens (tertiary/aromatic N) is 2. The highest BCUT2D eigenvalue weighted by Crippen LogP contribution is 2.37. The van der Waals surface area contributed by atoms with Crippen LogP contribution in [-0.4, -0.2) is 41.3 Å². The van der Waals surface area contributed by atoms with E-state index in [9.17, 15) is 8.78 Å². The fraction of sp³-hybridized carbons (Fsp3) is 0.550.